The molecule has 0 bridgehead atoms. The Morgan fingerprint density at radius 3 is 2.75 bits per heavy atom. The van der Waals surface area contributed by atoms with Crippen molar-refractivity contribution in [2.75, 3.05) is 0 Å². The second kappa shape index (κ2) is 5.39. The molecule has 0 aliphatic carbocycles. The number of benzene rings is 2. The minimum Gasteiger partial charge on any atom is -0.455 e. The molecule has 2 aromatic carbocycles. The fourth-order valence-corrected chi connectivity index (χ4v) is 2.14. The minimum absolute atomic E-state index is 0.163. The number of hydrogen-bond donors (Lipinski definition) is 0. The summed E-state index contributed by atoms with van der Waals surface area (Å²) in [7, 11) is 0. The molecule has 0 amide bonds. The van der Waals surface area contributed by atoms with Gasteiger partial charge in [-0.3, -0.25) is 0 Å². The largest absolute Gasteiger partial charge is 0.455 e. The molecule has 3 aromatic rings. The van der Waals surface area contributed by atoms with Gasteiger partial charge in [0.15, 0.2) is 0 Å². The lowest BCUT2D eigenvalue weighted by Gasteiger charge is -2.03. The van der Waals surface area contributed by atoms with E-state index >= 15 is 0 Å². The highest BCUT2D eigenvalue weighted by Gasteiger charge is 2.13. The Morgan fingerprint density at radius 1 is 1.10 bits per heavy atom. The summed E-state index contributed by atoms with van der Waals surface area (Å²) in [4.78, 5) is 11.9. The summed E-state index contributed by atoms with van der Waals surface area (Å²) in [6, 6.07) is 16.3. The van der Waals surface area contributed by atoms with Gasteiger partial charge in [-0.05, 0) is 29.8 Å². The van der Waals surface area contributed by atoms with E-state index in [9.17, 15) is 4.79 Å². The van der Waals surface area contributed by atoms with Gasteiger partial charge in [0.05, 0.1) is 0 Å². The van der Waals surface area contributed by atoms with Crippen LogP contribution in [-0.2, 0) is 11.3 Å². The van der Waals surface area contributed by atoms with Crippen molar-refractivity contribution in [1.29, 1.82) is 0 Å². The van der Waals surface area contributed by atoms with Gasteiger partial charge in [0.1, 0.15) is 12.2 Å². The molecule has 20 heavy (non-hydrogen) atoms. The molecule has 1 aromatic heterocycles. The van der Waals surface area contributed by atoms with Crippen LogP contribution in [-0.4, -0.2) is 5.97 Å². The lowest BCUT2D eigenvalue weighted by atomic mass is 10.2. The molecule has 3 nitrogen and oxygen atoms in total. The van der Waals surface area contributed by atoms with Crippen LogP contribution in [0.3, 0.4) is 0 Å². The summed E-state index contributed by atoms with van der Waals surface area (Å²) in [5.74, 6) is -0.283. The molecule has 100 valence electrons. The highest BCUT2D eigenvalue weighted by Crippen LogP contribution is 2.20. The van der Waals surface area contributed by atoms with E-state index < -0.39 is 5.97 Å². The Hall–Kier alpha value is -2.26. The van der Waals surface area contributed by atoms with Gasteiger partial charge in [-0.2, -0.15) is 0 Å². The van der Waals surface area contributed by atoms with Crippen molar-refractivity contribution in [1.82, 2.24) is 0 Å². The zero-order valence-electron chi connectivity index (χ0n) is 10.5. The predicted molar refractivity (Wildman–Crippen MR) is 76.8 cm³/mol. The topological polar surface area (TPSA) is 39.4 Å². The molecule has 0 saturated carbocycles. The first kappa shape index (κ1) is 12.8. The van der Waals surface area contributed by atoms with E-state index in [1.807, 2.05) is 36.4 Å². The number of carbonyl (C=O) groups is 1. The summed E-state index contributed by atoms with van der Waals surface area (Å²) < 4.78 is 10.6. The molecular formula is C16H11ClO3. The van der Waals surface area contributed by atoms with Crippen molar-refractivity contribution in [3.05, 3.63) is 70.9 Å². The Morgan fingerprint density at radius 2 is 1.95 bits per heavy atom. The molecule has 0 N–H and O–H groups in total. The molecule has 0 saturated heterocycles. The lowest BCUT2D eigenvalue weighted by molar-refractivity contribution is 0.0439. The van der Waals surface area contributed by atoms with Crippen molar-refractivity contribution in [3.8, 4) is 0 Å². The van der Waals surface area contributed by atoms with Gasteiger partial charge >= 0.3 is 5.97 Å². The molecule has 1 heterocycles. The third-order valence-electron chi connectivity index (χ3n) is 2.89. The molecule has 4 heteroatoms. The molecule has 3 rings (SSSR count). The molecule has 0 atom stereocenters. The van der Waals surface area contributed by atoms with Gasteiger partial charge in [-0.1, -0.05) is 41.9 Å². The summed E-state index contributed by atoms with van der Waals surface area (Å²) in [6.45, 7) is 0.163. The quantitative estimate of drug-likeness (QED) is 0.668. The number of fused-ring (bicyclic) bond motifs is 1. The van der Waals surface area contributed by atoms with Gasteiger partial charge in [0, 0.05) is 10.4 Å². The first-order valence-electron chi connectivity index (χ1n) is 6.12. The van der Waals surface area contributed by atoms with Gasteiger partial charge in [-0.25, -0.2) is 4.79 Å². The molecule has 0 spiro atoms. The van der Waals surface area contributed by atoms with Crippen LogP contribution in [0.15, 0.2) is 59.0 Å². The second-order valence-corrected chi connectivity index (χ2v) is 4.79. The normalized spacial score (nSPS) is 10.7. The average molecular weight is 287 g/mol. The molecule has 0 fully saturated rings. The van der Waals surface area contributed by atoms with Crippen molar-refractivity contribution in [2.45, 2.75) is 6.61 Å². The number of hydrogen-bond acceptors (Lipinski definition) is 3. The summed E-state index contributed by atoms with van der Waals surface area (Å²) in [6.07, 6.45) is 0. The van der Waals surface area contributed by atoms with E-state index in [0.717, 1.165) is 10.9 Å². The maximum atomic E-state index is 11.9. The fourth-order valence-electron chi connectivity index (χ4n) is 1.93. The van der Waals surface area contributed by atoms with Crippen LogP contribution in [0.4, 0.5) is 0 Å². The van der Waals surface area contributed by atoms with Gasteiger partial charge in [0.2, 0.25) is 5.76 Å². The van der Waals surface area contributed by atoms with Crippen LogP contribution in [0.2, 0.25) is 5.02 Å². The molecular weight excluding hydrogens is 276 g/mol. The van der Waals surface area contributed by atoms with E-state index in [2.05, 4.69) is 0 Å². The Labute approximate surface area is 120 Å². The van der Waals surface area contributed by atoms with Crippen LogP contribution in [0.1, 0.15) is 16.1 Å². The Balaban J connectivity index is 1.73. The highest BCUT2D eigenvalue weighted by atomic mass is 35.5. The number of halogens is 1. The second-order valence-electron chi connectivity index (χ2n) is 4.35. The number of carbonyl (C=O) groups excluding carboxylic acids is 1. The fraction of sp³-hybridized carbons (Fsp3) is 0.0625. The van der Waals surface area contributed by atoms with Gasteiger partial charge in [-0.15, -0.1) is 0 Å². The van der Waals surface area contributed by atoms with E-state index in [0.29, 0.717) is 10.6 Å². The predicted octanol–water partition coefficient (Wildman–Crippen LogP) is 4.44. The molecule has 0 unspecified atom stereocenters. The lowest BCUT2D eigenvalue weighted by Crippen LogP contribution is -2.03. The summed E-state index contributed by atoms with van der Waals surface area (Å²) in [5, 5.41) is 1.49. The average Bonchev–Trinajstić information content (AvgIpc) is 2.89. The van der Waals surface area contributed by atoms with Crippen molar-refractivity contribution in [2.24, 2.45) is 0 Å². The number of para-hydroxylation sites is 1. The van der Waals surface area contributed by atoms with E-state index in [1.165, 1.54) is 0 Å². The third kappa shape index (κ3) is 2.68. The number of esters is 1. The number of furan rings is 1. The van der Waals surface area contributed by atoms with Crippen LogP contribution in [0.25, 0.3) is 11.0 Å². The van der Waals surface area contributed by atoms with Crippen LogP contribution in [0, 0.1) is 0 Å². The maximum absolute atomic E-state index is 11.9. The zero-order chi connectivity index (χ0) is 13.9. The maximum Gasteiger partial charge on any atom is 0.374 e. The van der Waals surface area contributed by atoms with E-state index in [-0.39, 0.29) is 12.4 Å². The smallest absolute Gasteiger partial charge is 0.374 e. The van der Waals surface area contributed by atoms with Gasteiger partial charge < -0.3 is 9.15 Å². The molecule has 0 aliphatic rings. The van der Waals surface area contributed by atoms with Crippen molar-refractivity contribution < 1.29 is 13.9 Å². The van der Waals surface area contributed by atoms with Crippen LogP contribution in [0.5, 0.6) is 0 Å². The van der Waals surface area contributed by atoms with Crippen molar-refractivity contribution in [3.63, 3.8) is 0 Å². The van der Waals surface area contributed by atoms with E-state index in [4.69, 9.17) is 20.8 Å². The molecule has 0 aliphatic heterocycles. The van der Waals surface area contributed by atoms with Crippen LogP contribution < -0.4 is 0 Å². The standard InChI is InChI=1S/C16H11ClO3/c17-13-6-3-4-11(8-13)10-19-16(18)15-9-12-5-1-2-7-14(12)20-15/h1-9H,10H2. The number of ether oxygens (including phenoxy) is 1. The summed E-state index contributed by atoms with van der Waals surface area (Å²) >= 11 is 5.87. The van der Waals surface area contributed by atoms with Crippen LogP contribution >= 0.6 is 11.6 Å². The zero-order valence-corrected chi connectivity index (χ0v) is 11.3. The van der Waals surface area contributed by atoms with E-state index in [1.54, 1.807) is 18.2 Å². The van der Waals surface area contributed by atoms with Gasteiger partial charge in [0.25, 0.3) is 0 Å². The third-order valence-corrected chi connectivity index (χ3v) is 3.12. The Kier molecular flexibility index (Phi) is 3.44. The summed E-state index contributed by atoms with van der Waals surface area (Å²) in [5.41, 5.74) is 1.50. The Bertz CT molecular complexity index is 728. The highest BCUT2D eigenvalue weighted by molar-refractivity contribution is 6.30. The SMILES string of the molecule is O=C(OCc1cccc(Cl)c1)c1cc2ccccc2o1. The first-order valence-corrected chi connectivity index (χ1v) is 6.50. The monoisotopic (exact) mass is 286 g/mol. The van der Waals surface area contributed by atoms with Crippen molar-refractivity contribution >= 4 is 28.5 Å². The first-order chi connectivity index (χ1) is 9.72. The minimum atomic E-state index is -0.485. The molecule has 0 radical (unpaired) electrons. The number of rotatable bonds is 3.